The number of aromatic nitrogens is 4. The lowest BCUT2D eigenvalue weighted by Crippen LogP contribution is -2.18. The van der Waals surface area contributed by atoms with Crippen LogP contribution in [0.3, 0.4) is 0 Å². The minimum absolute atomic E-state index is 0.217. The lowest BCUT2D eigenvalue weighted by molar-refractivity contribution is 0.0950. The van der Waals surface area contributed by atoms with Crippen molar-refractivity contribution in [1.29, 1.82) is 0 Å². The molecule has 0 aliphatic rings. The lowest BCUT2D eigenvalue weighted by atomic mass is 10.1. The third kappa shape index (κ3) is 3.58. The predicted molar refractivity (Wildman–Crippen MR) is 92.0 cm³/mol. The van der Waals surface area contributed by atoms with E-state index in [0.29, 0.717) is 16.4 Å². The number of nitrogens with one attached hydrogen (secondary N) is 2. The van der Waals surface area contributed by atoms with Crippen molar-refractivity contribution in [3.63, 3.8) is 0 Å². The highest BCUT2D eigenvalue weighted by atomic mass is 35.5. The standard InChI is InChI=1S/C16H14ClFN6O/c1-9-12(15(18)24(2)23-9)8-19-22-16(25)14-7-13(20-21-14)10-3-5-11(17)6-4-10/h3-8H,1-2H3,(H,20,21)(H,22,25)/b19-8+. The number of hydrogen-bond acceptors (Lipinski definition) is 4. The van der Waals surface area contributed by atoms with Gasteiger partial charge in [0, 0.05) is 17.6 Å². The number of benzene rings is 1. The number of H-pyrrole nitrogens is 1. The average Bonchev–Trinajstić information content (AvgIpc) is 3.16. The Balaban J connectivity index is 1.70. The van der Waals surface area contributed by atoms with Gasteiger partial charge in [0.25, 0.3) is 5.91 Å². The second-order valence-corrected chi connectivity index (χ2v) is 5.72. The molecule has 0 bridgehead atoms. The number of carbonyl (C=O) groups is 1. The summed E-state index contributed by atoms with van der Waals surface area (Å²) in [6.07, 6.45) is 1.21. The Morgan fingerprint density at radius 2 is 2.12 bits per heavy atom. The van der Waals surface area contributed by atoms with Crippen LogP contribution < -0.4 is 5.43 Å². The SMILES string of the molecule is Cc1nn(C)c(F)c1/C=N/NC(=O)c1cc(-c2ccc(Cl)cc2)n[nH]1. The summed E-state index contributed by atoms with van der Waals surface area (Å²) in [4.78, 5) is 12.1. The number of halogens is 2. The van der Waals surface area contributed by atoms with Crippen LogP contribution in [0.5, 0.6) is 0 Å². The molecule has 2 aromatic heterocycles. The van der Waals surface area contributed by atoms with Gasteiger partial charge in [-0.3, -0.25) is 9.89 Å². The van der Waals surface area contributed by atoms with Crippen LogP contribution in [0.2, 0.25) is 5.02 Å². The molecule has 0 unspecified atom stereocenters. The molecule has 1 amide bonds. The molecule has 3 aromatic rings. The molecule has 1 aromatic carbocycles. The predicted octanol–water partition coefficient (Wildman–Crippen LogP) is 2.68. The first kappa shape index (κ1) is 16.8. The van der Waals surface area contributed by atoms with Crippen LogP contribution in [0.15, 0.2) is 35.4 Å². The van der Waals surface area contributed by atoms with E-state index >= 15 is 0 Å². The van der Waals surface area contributed by atoms with Gasteiger partial charge in [-0.2, -0.15) is 19.7 Å². The number of rotatable bonds is 4. The molecule has 0 atom stereocenters. The van der Waals surface area contributed by atoms with Crippen LogP contribution in [-0.2, 0) is 7.05 Å². The summed E-state index contributed by atoms with van der Waals surface area (Å²) in [5, 5.41) is 15.0. The van der Waals surface area contributed by atoms with E-state index in [1.165, 1.54) is 13.3 Å². The van der Waals surface area contributed by atoms with Crippen molar-refractivity contribution >= 4 is 23.7 Å². The summed E-state index contributed by atoms with van der Waals surface area (Å²) in [5.41, 5.74) is 4.65. The third-order valence-electron chi connectivity index (χ3n) is 3.52. The van der Waals surface area contributed by atoms with Gasteiger partial charge in [-0.25, -0.2) is 10.1 Å². The maximum atomic E-state index is 13.8. The van der Waals surface area contributed by atoms with E-state index in [0.717, 1.165) is 10.2 Å². The Morgan fingerprint density at radius 3 is 2.76 bits per heavy atom. The van der Waals surface area contributed by atoms with Gasteiger partial charge >= 0.3 is 0 Å². The molecule has 3 rings (SSSR count). The molecule has 0 saturated carbocycles. The summed E-state index contributed by atoms with van der Waals surface area (Å²) in [6, 6.07) is 8.66. The first-order chi connectivity index (χ1) is 12.0. The number of carbonyl (C=O) groups excluding carboxylic acids is 1. The van der Waals surface area contributed by atoms with Gasteiger partial charge in [-0.05, 0) is 25.1 Å². The molecule has 0 aliphatic heterocycles. The molecule has 2 N–H and O–H groups in total. The van der Waals surface area contributed by atoms with E-state index in [9.17, 15) is 9.18 Å². The summed E-state index contributed by atoms with van der Waals surface area (Å²) in [6.45, 7) is 1.65. The second-order valence-electron chi connectivity index (χ2n) is 5.29. The fraction of sp³-hybridized carbons (Fsp3) is 0.125. The van der Waals surface area contributed by atoms with Crippen molar-refractivity contribution in [3.05, 3.63) is 58.3 Å². The highest BCUT2D eigenvalue weighted by Crippen LogP contribution is 2.20. The number of hydrogen-bond donors (Lipinski definition) is 2. The van der Waals surface area contributed by atoms with Crippen LogP contribution in [0.1, 0.15) is 21.7 Å². The Labute approximate surface area is 147 Å². The van der Waals surface area contributed by atoms with E-state index in [1.54, 1.807) is 37.3 Å². The first-order valence-electron chi connectivity index (χ1n) is 7.29. The number of nitrogens with zero attached hydrogens (tertiary/aromatic N) is 4. The number of aromatic amines is 1. The Bertz CT molecular complexity index is 944. The first-order valence-corrected chi connectivity index (χ1v) is 7.67. The van der Waals surface area contributed by atoms with E-state index in [-0.39, 0.29) is 11.3 Å². The zero-order chi connectivity index (χ0) is 18.0. The molecule has 0 radical (unpaired) electrons. The molecule has 7 nitrogen and oxygen atoms in total. The molecule has 0 aliphatic carbocycles. The molecule has 25 heavy (non-hydrogen) atoms. The molecule has 0 saturated heterocycles. The minimum Gasteiger partial charge on any atom is -0.272 e. The largest absolute Gasteiger partial charge is 0.289 e. The molecular weight excluding hydrogens is 347 g/mol. The average molecular weight is 361 g/mol. The monoisotopic (exact) mass is 360 g/mol. The van der Waals surface area contributed by atoms with Crippen molar-refractivity contribution in [2.45, 2.75) is 6.92 Å². The summed E-state index contributed by atoms with van der Waals surface area (Å²) in [5.74, 6) is -1.02. The topological polar surface area (TPSA) is 88.0 Å². The van der Waals surface area contributed by atoms with Gasteiger partial charge in [0.2, 0.25) is 5.95 Å². The van der Waals surface area contributed by atoms with E-state index in [2.05, 4.69) is 25.8 Å². The van der Waals surface area contributed by atoms with Crippen molar-refractivity contribution in [2.75, 3.05) is 0 Å². The number of aryl methyl sites for hydroxylation is 2. The van der Waals surface area contributed by atoms with Gasteiger partial charge in [0.1, 0.15) is 5.69 Å². The highest BCUT2D eigenvalue weighted by molar-refractivity contribution is 6.30. The fourth-order valence-corrected chi connectivity index (χ4v) is 2.34. The van der Waals surface area contributed by atoms with Crippen LogP contribution in [0.25, 0.3) is 11.3 Å². The fourth-order valence-electron chi connectivity index (χ4n) is 2.22. The van der Waals surface area contributed by atoms with E-state index in [1.807, 2.05) is 0 Å². The zero-order valence-electron chi connectivity index (χ0n) is 13.4. The van der Waals surface area contributed by atoms with Gasteiger partial charge in [0.15, 0.2) is 0 Å². The van der Waals surface area contributed by atoms with Gasteiger partial charge in [0.05, 0.1) is 23.2 Å². The van der Waals surface area contributed by atoms with Crippen LogP contribution in [-0.4, -0.2) is 32.1 Å². The van der Waals surface area contributed by atoms with Crippen LogP contribution in [0, 0.1) is 12.9 Å². The molecule has 128 valence electrons. The maximum Gasteiger partial charge on any atom is 0.289 e. The van der Waals surface area contributed by atoms with Crippen molar-refractivity contribution < 1.29 is 9.18 Å². The summed E-state index contributed by atoms with van der Waals surface area (Å²) >= 11 is 5.85. The summed E-state index contributed by atoms with van der Waals surface area (Å²) in [7, 11) is 1.49. The molecular formula is C16H14ClFN6O. The third-order valence-corrected chi connectivity index (χ3v) is 3.77. The Kier molecular flexibility index (Phi) is 4.62. The van der Waals surface area contributed by atoms with Crippen LogP contribution in [0.4, 0.5) is 4.39 Å². The zero-order valence-corrected chi connectivity index (χ0v) is 14.2. The summed E-state index contributed by atoms with van der Waals surface area (Å²) < 4.78 is 14.9. The Morgan fingerprint density at radius 1 is 1.40 bits per heavy atom. The molecule has 9 heteroatoms. The van der Waals surface area contributed by atoms with Crippen LogP contribution >= 0.6 is 11.6 Å². The number of hydrazone groups is 1. The normalized spacial score (nSPS) is 11.2. The van der Waals surface area contributed by atoms with Gasteiger partial charge in [-0.1, -0.05) is 23.7 Å². The van der Waals surface area contributed by atoms with E-state index < -0.39 is 11.9 Å². The molecule has 0 spiro atoms. The second kappa shape index (κ2) is 6.86. The van der Waals surface area contributed by atoms with Gasteiger partial charge in [-0.15, -0.1) is 0 Å². The van der Waals surface area contributed by atoms with Crippen molar-refractivity contribution in [1.82, 2.24) is 25.4 Å². The van der Waals surface area contributed by atoms with Crippen molar-refractivity contribution in [2.24, 2.45) is 12.1 Å². The molecule has 0 fully saturated rings. The lowest BCUT2D eigenvalue weighted by Gasteiger charge is -1.96. The maximum absolute atomic E-state index is 13.8. The molecule has 2 heterocycles. The van der Waals surface area contributed by atoms with E-state index in [4.69, 9.17) is 11.6 Å². The Hall–Kier alpha value is -3.00. The highest BCUT2D eigenvalue weighted by Gasteiger charge is 2.12. The number of amides is 1. The van der Waals surface area contributed by atoms with Crippen molar-refractivity contribution in [3.8, 4) is 11.3 Å². The smallest absolute Gasteiger partial charge is 0.272 e. The quantitative estimate of drug-likeness (QED) is 0.554. The van der Waals surface area contributed by atoms with Gasteiger partial charge < -0.3 is 0 Å². The minimum atomic E-state index is -0.526.